The molecule has 9 heteroatoms. The maximum absolute atomic E-state index is 14.1. The van der Waals surface area contributed by atoms with Crippen LogP contribution in [0, 0.1) is 17.8 Å². The lowest BCUT2D eigenvalue weighted by atomic mass is 9.54. The van der Waals surface area contributed by atoms with E-state index in [9.17, 15) is 19.8 Å². The van der Waals surface area contributed by atoms with Crippen molar-refractivity contribution in [3.8, 4) is 0 Å². The molecule has 0 radical (unpaired) electrons. The lowest BCUT2D eigenvalue weighted by molar-refractivity contribution is -0.406. The number of ketones is 1. The van der Waals surface area contributed by atoms with E-state index < -0.39 is 64.3 Å². The van der Waals surface area contributed by atoms with Crippen LogP contribution in [0.4, 0.5) is 0 Å². The summed E-state index contributed by atoms with van der Waals surface area (Å²) in [6, 6.07) is 0. The van der Waals surface area contributed by atoms with Gasteiger partial charge in [-0.2, -0.15) is 0 Å². The number of aliphatic hydroxyl groups is 2. The summed E-state index contributed by atoms with van der Waals surface area (Å²) >= 11 is 0. The quantitative estimate of drug-likeness (QED) is 0.0274. The zero-order chi connectivity index (χ0) is 42.3. The number of carbonyl (C=O) groups is 2. The highest BCUT2D eigenvalue weighted by Gasteiger charge is 2.88. The Hall–Kier alpha value is -2.14. The van der Waals surface area contributed by atoms with Gasteiger partial charge in [0.15, 0.2) is 17.0 Å². The van der Waals surface area contributed by atoms with Crippen LogP contribution in [0.3, 0.4) is 0 Å². The van der Waals surface area contributed by atoms with Crippen LogP contribution in [0.2, 0.25) is 0 Å². The van der Waals surface area contributed by atoms with Gasteiger partial charge in [-0.3, -0.25) is 9.59 Å². The fraction of sp³-hybridized carbons (Fsp3) is 0.800. The highest BCUT2D eigenvalue weighted by Crippen LogP contribution is 2.72. The van der Waals surface area contributed by atoms with Crippen molar-refractivity contribution >= 4 is 11.8 Å². The molecule has 5 fully saturated rings. The average molecular weight is 823 g/mol. The minimum atomic E-state index is -2.27. The van der Waals surface area contributed by atoms with Crippen LogP contribution in [0.15, 0.2) is 48.1 Å². The van der Waals surface area contributed by atoms with Crippen LogP contribution in [0.1, 0.15) is 182 Å². The van der Waals surface area contributed by atoms with Crippen LogP contribution < -0.4 is 0 Å². The molecule has 3 saturated heterocycles. The minimum absolute atomic E-state index is 0.259. The average Bonchev–Trinajstić information content (AvgIpc) is 3.84. The van der Waals surface area contributed by atoms with E-state index in [4.69, 9.17) is 23.7 Å². The van der Waals surface area contributed by atoms with Gasteiger partial charge in [0.2, 0.25) is 0 Å². The molecule has 3 aliphatic heterocycles. The number of esters is 1. The van der Waals surface area contributed by atoms with Crippen LogP contribution in [0.5, 0.6) is 0 Å². The summed E-state index contributed by atoms with van der Waals surface area (Å²) in [5, 5.41) is 24.9. The van der Waals surface area contributed by atoms with Crippen molar-refractivity contribution in [3.63, 3.8) is 0 Å². The third-order valence-electron chi connectivity index (χ3n) is 14.9. The molecule has 3 aliphatic carbocycles. The van der Waals surface area contributed by atoms with Gasteiger partial charge in [0.1, 0.15) is 30.5 Å². The van der Waals surface area contributed by atoms with E-state index in [2.05, 4.69) is 33.4 Å². The molecule has 11 unspecified atom stereocenters. The molecule has 2 saturated carbocycles. The van der Waals surface area contributed by atoms with E-state index in [1.165, 1.54) is 103 Å². The number of rotatable bonds is 27. The first kappa shape index (κ1) is 46.4. The number of fused-ring (bicyclic) bond motifs is 3. The fourth-order valence-electron chi connectivity index (χ4n) is 11.5. The van der Waals surface area contributed by atoms with Gasteiger partial charge in [-0.1, -0.05) is 167 Å². The molecule has 2 N–H and O–H groups in total. The molecule has 0 aromatic heterocycles. The normalized spacial score (nSPS) is 37.7. The van der Waals surface area contributed by atoms with Crippen molar-refractivity contribution in [3.05, 3.63) is 48.1 Å². The number of hydrogen-bond donors (Lipinski definition) is 2. The highest BCUT2D eigenvalue weighted by molar-refractivity contribution is 6.05. The number of allylic oxidation sites excluding steroid dienone is 3. The van der Waals surface area contributed by atoms with Gasteiger partial charge in [0.05, 0.1) is 5.60 Å². The monoisotopic (exact) mass is 823 g/mol. The molecule has 11 atom stereocenters. The van der Waals surface area contributed by atoms with E-state index in [-0.39, 0.29) is 24.9 Å². The zero-order valence-corrected chi connectivity index (χ0v) is 37.3. The van der Waals surface area contributed by atoms with Gasteiger partial charge in [0.25, 0.3) is 0 Å². The maximum Gasteiger partial charge on any atom is 0.306 e. The van der Waals surface area contributed by atoms with Gasteiger partial charge < -0.3 is 33.9 Å². The largest absolute Gasteiger partial charge is 0.462 e. The van der Waals surface area contributed by atoms with E-state index in [1.54, 1.807) is 19.1 Å². The number of hydrogen-bond acceptors (Lipinski definition) is 9. The Morgan fingerprint density at radius 3 is 2.02 bits per heavy atom. The minimum Gasteiger partial charge on any atom is -0.462 e. The Labute approximate surface area is 355 Å². The Bertz CT molecular complexity index is 1550. The lowest BCUT2D eigenvalue weighted by Crippen LogP contribution is -2.72. The highest BCUT2D eigenvalue weighted by atomic mass is 16.9. The Morgan fingerprint density at radius 1 is 0.847 bits per heavy atom. The zero-order valence-electron chi connectivity index (χ0n) is 37.3. The third-order valence-corrected chi connectivity index (χ3v) is 14.9. The summed E-state index contributed by atoms with van der Waals surface area (Å²) in [7, 11) is 0. The third kappa shape index (κ3) is 9.04. The second-order valence-electron chi connectivity index (χ2n) is 19.2. The summed E-state index contributed by atoms with van der Waals surface area (Å²) in [5.74, 6) is -4.34. The number of aliphatic hydroxyl groups excluding tert-OH is 1. The van der Waals surface area contributed by atoms with Crippen molar-refractivity contribution < 1.29 is 43.5 Å². The molecule has 3 bridgehead atoms. The van der Waals surface area contributed by atoms with E-state index in [0.29, 0.717) is 12.0 Å². The number of ether oxygens (including phenoxy) is 5. The predicted octanol–water partition coefficient (Wildman–Crippen LogP) is 10.5. The molecule has 0 aromatic carbocycles. The van der Waals surface area contributed by atoms with Gasteiger partial charge in [-0.25, -0.2) is 0 Å². The molecule has 0 spiro atoms. The Morgan fingerprint density at radius 2 is 1.42 bits per heavy atom. The first-order valence-corrected chi connectivity index (χ1v) is 23.9. The van der Waals surface area contributed by atoms with Crippen LogP contribution >= 0.6 is 0 Å². The van der Waals surface area contributed by atoms with Gasteiger partial charge >= 0.3 is 11.9 Å². The van der Waals surface area contributed by atoms with Crippen molar-refractivity contribution in [2.45, 2.75) is 229 Å². The standard InChI is InChI=1S/C50H78O9/c1-7-9-11-13-15-17-19-20-21-23-25-27-29-31-40(51)55-35-47-44(56-47)41-43-46(36(3)4)34-38(6)50(41,39-33-37(5)42(52)49(39,54)45(47)53)59-48(57-43,58-46)32-30-28-26-24-22-18-16-14-12-10-8-2/h26,28,30,32-33,38-39,41,43-45,53-54H,3,7-25,27,29,31,34-35H2,1-2,4-6H3. The van der Waals surface area contributed by atoms with Crippen molar-refractivity contribution in [2.24, 2.45) is 17.8 Å². The maximum atomic E-state index is 14.1. The molecular weight excluding hydrogens is 745 g/mol. The molecule has 3 heterocycles. The molecule has 332 valence electrons. The van der Waals surface area contributed by atoms with Gasteiger partial charge in [0, 0.05) is 24.3 Å². The summed E-state index contributed by atoms with van der Waals surface area (Å²) < 4.78 is 33.3. The van der Waals surface area contributed by atoms with Crippen molar-refractivity contribution in [1.82, 2.24) is 0 Å². The van der Waals surface area contributed by atoms with Gasteiger partial charge in [-0.15, -0.1) is 0 Å². The number of unbranched alkanes of at least 4 members (excludes halogenated alkanes) is 19. The van der Waals surface area contributed by atoms with Crippen molar-refractivity contribution in [2.75, 3.05) is 6.61 Å². The lowest BCUT2D eigenvalue weighted by Gasteiger charge is -2.59. The summed E-state index contributed by atoms with van der Waals surface area (Å²) in [5.41, 5.74) is -4.85. The molecule has 0 aromatic rings. The smallest absolute Gasteiger partial charge is 0.306 e. The predicted molar refractivity (Wildman–Crippen MR) is 230 cm³/mol. The number of Topliss-reactive ketones (excluding diaryl/α,β-unsaturated/α-hetero) is 1. The number of carbonyl (C=O) groups excluding carboxylic acids is 2. The SMILES string of the molecule is C=C(C)C12CC(C)C34OC(C=CC=CCCCCCCCCC)(OC1C3C1OC1(COC(=O)CCCCCCCCCCCCCCC)C(O)C1(O)C(=O)C(C)=CC14)O2. The van der Waals surface area contributed by atoms with Crippen LogP contribution in [0.25, 0.3) is 0 Å². The molecule has 6 rings (SSSR count). The first-order valence-electron chi connectivity index (χ1n) is 23.9. The van der Waals surface area contributed by atoms with E-state index >= 15 is 0 Å². The second kappa shape index (κ2) is 19.9. The summed E-state index contributed by atoms with van der Waals surface area (Å²) in [4.78, 5) is 27.3. The summed E-state index contributed by atoms with van der Waals surface area (Å²) in [6.07, 6.45) is 32.8. The van der Waals surface area contributed by atoms with Crippen molar-refractivity contribution in [1.29, 1.82) is 0 Å². The second-order valence-corrected chi connectivity index (χ2v) is 19.2. The summed E-state index contributed by atoms with van der Waals surface area (Å²) in [6.45, 7) is 14.3. The van der Waals surface area contributed by atoms with Gasteiger partial charge in [-0.05, 0) is 56.6 Å². The molecule has 9 nitrogen and oxygen atoms in total. The van der Waals surface area contributed by atoms with Crippen LogP contribution in [-0.2, 0) is 33.3 Å². The van der Waals surface area contributed by atoms with Crippen LogP contribution in [-0.4, -0.2) is 75.3 Å². The van der Waals surface area contributed by atoms with E-state index in [0.717, 1.165) is 37.7 Å². The van der Waals surface area contributed by atoms with E-state index in [1.807, 2.05) is 19.1 Å². The Balaban J connectivity index is 1.11. The molecule has 6 aliphatic rings. The molecule has 59 heavy (non-hydrogen) atoms. The first-order chi connectivity index (χ1) is 28.4. The fourth-order valence-corrected chi connectivity index (χ4v) is 11.5. The molecular formula is C50H78O9. The molecule has 0 amide bonds. The topological polar surface area (TPSA) is 124 Å². The Kier molecular flexibility index (Phi) is 15.7. The number of epoxide rings is 1.